The number of nitrogens with zero attached hydrogens (tertiary/aromatic N) is 2. The lowest BCUT2D eigenvalue weighted by Gasteiger charge is -2.32. The number of fused-ring (bicyclic) bond motifs is 12. The van der Waals surface area contributed by atoms with Gasteiger partial charge in [0, 0.05) is 27.8 Å². The van der Waals surface area contributed by atoms with Gasteiger partial charge in [0.25, 0.3) is 0 Å². The summed E-state index contributed by atoms with van der Waals surface area (Å²) in [6, 6.07) is 75.0. The molecule has 0 radical (unpaired) electrons. The van der Waals surface area contributed by atoms with E-state index in [1.165, 1.54) is 61.1 Å². The van der Waals surface area contributed by atoms with Gasteiger partial charge in [-0.15, -0.1) is 0 Å². The van der Waals surface area contributed by atoms with Gasteiger partial charge in [0.05, 0.1) is 16.6 Å². The molecule has 2 atom stereocenters. The van der Waals surface area contributed by atoms with Gasteiger partial charge in [-0.1, -0.05) is 182 Å². The van der Waals surface area contributed by atoms with Crippen LogP contribution in [-0.4, -0.2) is 10.4 Å². The fourth-order valence-corrected chi connectivity index (χ4v) is 10.1. The monoisotopic (exact) mass is 742 g/mol. The van der Waals surface area contributed by atoms with E-state index in [-0.39, 0.29) is 12.3 Å². The Hall–Kier alpha value is -7.27. The van der Waals surface area contributed by atoms with Crippen LogP contribution in [0.25, 0.3) is 50.1 Å². The van der Waals surface area contributed by atoms with Crippen LogP contribution in [0.15, 0.2) is 211 Å². The number of amidine groups is 1. The van der Waals surface area contributed by atoms with Gasteiger partial charge in [-0.2, -0.15) is 0 Å². The first-order valence-corrected chi connectivity index (χ1v) is 20.1. The Bertz CT molecular complexity index is 3020. The molecule has 0 saturated heterocycles. The third-order valence-corrected chi connectivity index (χ3v) is 12.5. The van der Waals surface area contributed by atoms with E-state index in [0.29, 0.717) is 0 Å². The zero-order valence-electron chi connectivity index (χ0n) is 31.7. The zero-order chi connectivity index (χ0) is 38.2. The number of benzene rings is 8. The van der Waals surface area contributed by atoms with E-state index in [1.54, 1.807) is 0 Å². The second-order valence-electron chi connectivity index (χ2n) is 15.5. The third-order valence-electron chi connectivity index (χ3n) is 12.5. The Kier molecular flexibility index (Phi) is 7.31. The van der Waals surface area contributed by atoms with Gasteiger partial charge >= 0.3 is 0 Å². The molecule has 4 heteroatoms. The summed E-state index contributed by atoms with van der Waals surface area (Å²) < 4.78 is 2.50. The first kappa shape index (κ1) is 32.9. The van der Waals surface area contributed by atoms with Gasteiger partial charge in [0.2, 0.25) is 0 Å². The molecule has 0 bridgehead atoms. The lowest BCUT2D eigenvalue weighted by Crippen LogP contribution is -2.44. The standard InChI is InChI=1S/C54H38N4/c1-3-16-36(17-4-1)51-55-52(37-18-5-2-6-19-37)57-53(56-51)39-21-15-20-38(34-39)35-30-32-40(33-31-35)58-48-29-14-10-25-44(48)49-50(58)43-24-9-13-28-47(43)54(49)45-26-11-7-22-41(45)42-23-8-12-27-46(42)54/h1-34,51,53,56H,(H,55,57). The third kappa shape index (κ3) is 4.76. The molecule has 12 rings (SSSR count). The molecule has 0 saturated carbocycles. The molecule has 2 N–H and O–H groups in total. The van der Waals surface area contributed by atoms with Crippen LogP contribution in [0.4, 0.5) is 0 Å². The fourth-order valence-electron chi connectivity index (χ4n) is 10.1. The van der Waals surface area contributed by atoms with E-state index in [2.05, 4.69) is 215 Å². The van der Waals surface area contributed by atoms with Crippen LogP contribution in [-0.2, 0) is 5.41 Å². The minimum Gasteiger partial charge on any atom is -0.350 e. The van der Waals surface area contributed by atoms with Crippen molar-refractivity contribution >= 4 is 16.7 Å². The van der Waals surface area contributed by atoms with Crippen LogP contribution >= 0.6 is 0 Å². The number of hydrogen-bond donors (Lipinski definition) is 2. The summed E-state index contributed by atoms with van der Waals surface area (Å²) in [6.07, 6.45) is -0.316. The molecule has 274 valence electrons. The van der Waals surface area contributed by atoms with Crippen molar-refractivity contribution in [2.24, 2.45) is 4.99 Å². The van der Waals surface area contributed by atoms with Gasteiger partial charge < -0.3 is 9.88 Å². The maximum Gasteiger partial charge on any atom is 0.131 e. The van der Waals surface area contributed by atoms with Gasteiger partial charge in [0.15, 0.2) is 0 Å². The van der Waals surface area contributed by atoms with Crippen molar-refractivity contribution < 1.29 is 0 Å². The molecule has 3 aliphatic rings. The van der Waals surface area contributed by atoms with E-state index < -0.39 is 5.41 Å². The smallest absolute Gasteiger partial charge is 0.131 e. The Morgan fingerprint density at radius 1 is 0.466 bits per heavy atom. The van der Waals surface area contributed by atoms with Gasteiger partial charge in [-0.25, -0.2) is 4.99 Å². The molecule has 58 heavy (non-hydrogen) atoms. The van der Waals surface area contributed by atoms with Crippen molar-refractivity contribution in [1.29, 1.82) is 0 Å². The highest BCUT2D eigenvalue weighted by atomic mass is 15.3. The number of rotatable bonds is 5. The number of para-hydroxylation sites is 1. The molecule has 8 aromatic carbocycles. The predicted molar refractivity (Wildman–Crippen MR) is 236 cm³/mol. The summed E-state index contributed by atoms with van der Waals surface area (Å²) >= 11 is 0. The van der Waals surface area contributed by atoms with Crippen molar-refractivity contribution in [3.05, 3.63) is 245 Å². The minimum atomic E-state index is -0.407. The fraction of sp³-hybridized carbons (Fsp3) is 0.0556. The summed E-state index contributed by atoms with van der Waals surface area (Å²) in [4.78, 5) is 5.21. The zero-order valence-corrected chi connectivity index (χ0v) is 31.7. The summed E-state index contributed by atoms with van der Waals surface area (Å²) in [7, 11) is 0. The van der Waals surface area contributed by atoms with Crippen molar-refractivity contribution in [3.8, 4) is 39.2 Å². The van der Waals surface area contributed by atoms with Gasteiger partial charge in [0.1, 0.15) is 18.2 Å². The highest BCUT2D eigenvalue weighted by molar-refractivity contribution is 6.05. The molecule has 4 nitrogen and oxygen atoms in total. The predicted octanol–water partition coefficient (Wildman–Crippen LogP) is 12.0. The van der Waals surface area contributed by atoms with E-state index in [4.69, 9.17) is 4.99 Å². The van der Waals surface area contributed by atoms with Crippen molar-refractivity contribution in [3.63, 3.8) is 0 Å². The summed E-state index contributed by atoms with van der Waals surface area (Å²) in [5.41, 5.74) is 18.3. The average molecular weight is 743 g/mol. The molecule has 9 aromatic rings. The van der Waals surface area contributed by atoms with Crippen LogP contribution in [0.2, 0.25) is 0 Å². The molecule has 0 fully saturated rings. The molecule has 0 amide bonds. The van der Waals surface area contributed by atoms with E-state index in [1.807, 2.05) is 6.07 Å². The van der Waals surface area contributed by atoms with Crippen LogP contribution < -0.4 is 10.6 Å². The summed E-state index contributed by atoms with van der Waals surface area (Å²) in [5, 5.41) is 8.71. The van der Waals surface area contributed by atoms with Crippen LogP contribution in [0.3, 0.4) is 0 Å². The lowest BCUT2D eigenvalue weighted by molar-refractivity contribution is 0.409. The molecule has 1 aromatic heterocycles. The second kappa shape index (κ2) is 12.9. The van der Waals surface area contributed by atoms with E-state index in [9.17, 15) is 0 Å². The van der Waals surface area contributed by atoms with E-state index in [0.717, 1.165) is 33.8 Å². The van der Waals surface area contributed by atoms with Crippen molar-refractivity contribution in [2.45, 2.75) is 17.7 Å². The van der Waals surface area contributed by atoms with Crippen molar-refractivity contribution in [2.75, 3.05) is 0 Å². The first-order valence-electron chi connectivity index (χ1n) is 20.1. The summed E-state index contributed by atoms with van der Waals surface area (Å²) in [6.45, 7) is 0. The number of aliphatic imine (C=N–C) groups is 1. The number of hydrogen-bond acceptors (Lipinski definition) is 3. The van der Waals surface area contributed by atoms with Crippen LogP contribution in [0, 0.1) is 0 Å². The molecule has 2 unspecified atom stereocenters. The molecule has 1 spiro atoms. The quantitative estimate of drug-likeness (QED) is 0.184. The Labute approximate surface area is 337 Å². The Balaban J connectivity index is 0.972. The largest absolute Gasteiger partial charge is 0.350 e. The average Bonchev–Trinajstić information content (AvgIpc) is 3.92. The highest BCUT2D eigenvalue weighted by Gasteiger charge is 2.54. The van der Waals surface area contributed by atoms with Crippen LogP contribution in [0.1, 0.15) is 51.3 Å². The van der Waals surface area contributed by atoms with Crippen molar-refractivity contribution in [1.82, 2.24) is 15.2 Å². The first-order chi connectivity index (χ1) is 28.8. The molecule has 1 aliphatic heterocycles. The Morgan fingerprint density at radius 3 is 1.76 bits per heavy atom. The molecular weight excluding hydrogens is 705 g/mol. The minimum absolute atomic E-state index is 0.0876. The number of nitrogens with one attached hydrogen (secondary N) is 2. The SMILES string of the molecule is c1ccc(C2=NC(c3cccc(-c4ccc(-n5c6c(c7ccccc75)C5(c7ccccc7-c7ccccc75)c5ccccc5-6)cc4)c3)NC(c3ccccc3)N2)cc1. The second-order valence-corrected chi connectivity index (χ2v) is 15.5. The lowest BCUT2D eigenvalue weighted by atomic mass is 9.70. The molecule has 2 aliphatic carbocycles. The van der Waals surface area contributed by atoms with E-state index >= 15 is 0 Å². The van der Waals surface area contributed by atoms with Crippen LogP contribution in [0.5, 0.6) is 0 Å². The topological polar surface area (TPSA) is 41.4 Å². The maximum atomic E-state index is 5.21. The summed E-state index contributed by atoms with van der Waals surface area (Å²) in [5.74, 6) is 0.882. The maximum absolute atomic E-state index is 5.21. The normalized spacial score (nSPS) is 16.9. The number of aromatic nitrogens is 1. The van der Waals surface area contributed by atoms with Gasteiger partial charge in [-0.05, 0) is 74.3 Å². The molecule has 2 heterocycles. The Morgan fingerprint density at radius 2 is 1.03 bits per heavy atom. The highest BCUT2D eigenvalue weighted by Crippen LogP contribution is 2.65. The van der Waals surface area contributed by atoms with Gasteiger partial charge in [-0.3, -0.25) is 5.32 Å². The molecular formula is C54H38N4.